The van der Waals surface area contributed by atoms with Gasteiger partial charge in [0, 0.05) is 43.8 Å². The molecule has 0 amide bonds. The van der Waals surface area contributed by atoms with Crippen LogP contribution in [0, 0.1) is 5.92 Å². The zero-order chi connectivity index (χ0) is 12.4. The summed E-state index contributed by atoms with van der Waals surface area (Å²) < 4.78 is 6.18. The van der Waals surface area contributed by atoms with Gasteiger partial charge in [-0.1, -0.05) is 4.49 Å². The highest BCUT2D eigenvalue weighted by atomic mass is 32.1. The van der Waals surface area contributed by atoms with Crippen LogP contribution in [-0.2, 0) is 19.5 Å². The van der Waals surface area contributed by atoms with E-state index in [0.717, 1.165) is 31.7 Å². The summed E-state index contributed by atoms with van der Waals surface area (Å²) in [6, 6.07) is 0. The molecule has 0 bridgehead atoms. The summed E-state index contributed by atoms with van der Waals surface area (Å²) in [6.45, 7) is 3.09. The third-order valence-corrected chi connectivity index (χ3v) is 3.99. The molecule has 1 unspecified atom stereocenters. The van der Waals surface area contributed by atoms with Gasteiger partial charge in [0.1, 0.15) is 5.82 Å². The minimum Gasteiger partial charge on any atom is -0.335 e. The average molecular weight is 263 g/mol. The van der Waals surface area contributed by atoms with Crippen molar-refractivity contribution in [3.63, 3.8) is 0 Å². The van der Waals surface area contributed by atoms with Crippen molar-refractivity contribution >= 4 is 11.5 Å². The maximum Gasteiger partial charge on any atom is 0.108 e. The largest absolute Gasteiger partial charge is 0.335 e. The minimum absolute atomic E-state index is 0.711. The van der Waals surface area contributed by atoms with E-state index >= 15 is 0 Å². The van der Waals surface area contributed by atoms with Gasteiger partial charge in [-0.2, -0.15) is 0 Å². The van der Waals surface area contributed by atoms with E-state index in [2.05, 4.69) is 37.3 Å². The monoisotopic (exact) mass is 263 g/mol. The smallest absolute Gasteiger partial charge is 0.108 e. The molecular formula is C12H17N5S. The first kappa shape index (κ1) is 11.8. The van der Waals surface area contributed by atoms with Crippen LogP contribution in [0.3, 0.4) is 0 Å². The fourth-order valence-electron chi connectivity index (χ4n) is 2.62. The highest BCUT2D eigenvalue weighted by molar-refractivity contribution is 7.03. The van der Waals surface area contributed by atoms with Crippen molar-refractivity contribution in [2.45, 2.75) is 25.9 Å². The molecule has 0 aliphatic carbocycles. The van der Waals surface area contributed by atoms with Crippen molar-refractivity contribution < 1.29 is 0 Å². The fraction of sp³-hybridized carbons (Fsp3) is 0.583. The molecule has 2 aromatic rings. The van der Waals surface area contributed by atoms with Crippen LogP contribution in [0.1, 0.15) is 17.9 Å². The van der Waals surface area contributed by atoms with Crippen molar-refractivity contribution in [1.82, 2.24) is 24.0 Å². The number of aromatic nitrogens is 4. The summed E-state index contributed by atoms with van der Waals surface area (Å²) in [6.07, 6.45) is 6.33. The number of imidazole rings is 1. The topological polar surface area (TPSA) is 46.8 Å². The second-order valence-electron chi connectivity index (χ2n) is 4.99. The van der Waals surface area contributed by atoms with Gasteiger partial charge in [0.2, 0.25) is 0 Å². The highest BCUT2D eigenvalue weighted by Gasteiger charge is 2.20. The van der Waals surface area contributed by atoms with Crippen LogP contribution in [0.25, 0.3) is 0 Å². The molecule has 0 N–H and O–H groups in total. The first-order chi connectivity index (χ1) is 8.81. The number of hydrogen-bond acceptors (Lipinski definition) is 5. The molecule has 1 aliphatic heterocycles. The van der Waals surface area contributed by atoms with Crippen LogP contribution in [0.5, 0.6) is 0 Å². The van der Waals surface area contributed by atoms with Crippen molar-refractivity contribution in [3.8, 4) is 0 Å². The molecule has 0 aromatic carbocycles. The molecular weight excluding hydrogens is 246 g/mol. The third kappa shape index (κ3) is 2.59. The van der Waals surface area contributed by atoms with E-state index in [4.69, 9.17) is 0 Å². The SMILES string of the molecule is CN(Cc1csnn1)CC1CCc2nccn2C1. The summed E-state index contributed by atoms with van der Waals surface area (Å²) in [5.41, 5.74) is 1.07. The predicted octanol–water partition coefficient (Wildman–Crippen LogP) is 1.43. The molecule has 3 rings (SSSR count). The first-order valence-electron chi connectivity index (χ1n) is 6.26. The van der Waals surface area contributed by atoms with Gasteiger partial charge < -0.3 is 9.47 Å². The van der Waals surface area contributed by atoms with Crippen molar-refractivity contribution in [2.75, 3.05) is 13.6 Å². The van der Waals surface area contributed by atoms with Gasteiger partial charge in [-0.25, -0.2) is 4.98 Å². The molecule has 0 fully saturated rings. The molecule has 0 saturated heterocycles. The summed E-state index contributed by atoms with van der Waals surface area (Å²) in [5, 5.41) is 6.11. The van der Waals surface area contributed by atoms with Gasteiger partial charge in [0.25, 0.3) is 0 Å². The van der Waals surface area contributed by atoms with Gasteiger partial charge in [-0.05, 0) is 30.9 Å². The Morgan fingerprint density at radius 2 is 2.50 bits per heavy atom. The number of aryl methyl sites for hydroxylation is 1. The summed E-state index contributed by atoms with van der Waals surface area (Å²) in [7, 11) is 2.16. The summed E-state index contributed by atoms with van der Waals surface area (Å²) >= 11 is 1.42. The van der Waals surface area contributed by atoms with Gasteiger partial charge >= 0.3 is 0 Å². The Balaban J connectivity index is 1.54. The number of hydrogen-bond donors (Lipinski definition) is 0. The normalized spacial score (nSPS) is 19.1. The Morgan fingerprint density at radius 3 is 3.33 bits per heavy atom. The van der Waals surface area contributed by atoms with Crippen LogP contribution in [-0.4, -0.2) is 37.6 Å². The maximum atomic E-state index is 4.36. The number of nitrogens with zero attached hydrogens (tertiary/aromatic N) is 5. The van der Waals surface area contributed by atoms with E-state index in [0.29, 0.717) is 5.92 Å². The zero-order valence-corrected chi connectivity index (χ0v) is 11.3. The van der Waals surface area contributed by atoms with Gasteiger partial charge in [-0.3, -0.25) is 0 Å². The molecule has 3 heterocycles. The quantitative estimate of drug-likeness (QED) is 0.837. The molecule has 0 radical (unpaired) electrons. The van der Waals surface area contributed by atoms with E-state index in [-0.39, 0.29) is 0 Å². The summed E-state index contributed by atoms with van der Waals surface area (Å²) in [5.74, 6) is 1.95. The maximum absolute atomic E-state index is 4.36. The predicted molar refractivity (Wildman–Crippen MR) is 70.3 cm³/mol. The van der Waals surface area contributed by atoms with E-state index in [1.807, 2.05) is 11.6 Å². The Hall–Kier alpha value is -1.27. The molecule has 18 heavy (non-hydrogen) atoms. The van der Waals surface area contributed by atoms with Crippen LogP contribution < -0.4 is 0 Å². The Labute approximate surface area is 111 Å². The standard InChI is InChI=1S/C12H17N5S/c1-16(8-11-9-18-15-14-11)6-10-2-3-12-13-4-5-17(12)7-10/h4-5,9-10H,2-3,6-8H2,1H3. The first-order valence-corrected chi connectivity index (χ1v) is 7.09. The Kier molecular flexibility index (Phi) is 3.38. The molecule has 2 aromatic heterocycles. The fourth-order valence-corrected chi connectivity index (χ4v) is 3.06. The number of fused-ring (bicyclic) bond motifs is 1. The second-order valence-corrected chi connectivity index (χ2v) is 5.60. The van der Waals surface area contributed by atoms with E-state index < -0.39 is 0 Å². The van der Waals surface area contributed by atoms with E-state index in [1.165, 1.54) is 23.8 Å². The Bertz CT molecular complexity index is 492. The van der Waals surface area contributed by atoms with Gasteiger partial charge in [-0.15, -0.1) is 5.10 Å². The number of rotatable bonds is 4. The van der Waals surface area contributed by atoms with Crippen LogP contribution in [0.2, 0.25) is 0 Å². The van der Waals surface area contributed by atoms with Crippen molar-refractivity contribution in [2.24, 2.45) is 5.92 Å². The van der Waals surface area contributed by atoms with Crippen LogP contribution in [0.4, 0.5) is 0 Å². The van der Waals surface area contributed by atoms with Crippen LogP contribution in [0.15, 0.2) is 17.8 Å². The molecule has 0 saturated carbocycles. The second kappa shape index (κ2) is 5.16. The molecule has 6 heteroatoms. The summed E-state index contributed by atoms with van der Waals surface area (Å²) in [4.78, 5) is 6.70. The molecule has 0 spiro atoms. The Morgan fingerprint density at radius 1 is 1.56 bits per heavy atom. The van der Waals surface area contributed by atoms with E-state index in [1.54, 1.807) is 0 Å². The lowest BCUT2D eigenvalue weighted by Gasteiger charge is -2.27. The minimum atomic E-state index is 0.711. The highest BCUT2D eigenvalue weighted by Crippen LogP contribution is 2.19. The van der Waals surface area contributed by atoms with Crippen molar-refractivity contribution in [1.29, 1.82) is 0 Å². The zero-order valence-electron chi connectivity index (χ0n) is 10.5. The molecule has 96 valence electrons. The van der Waals surface area contributed by atoms with Crippen LogP contribution >= 0.6 is 11.5 Å². The molecule has 1 aliphatic rings. The lowest BCUT2D eigenvalue weighted by Crippen LogP contribution is -2.31. The third-order valence-electron chi connectivity index (χ3n) is 3.44. The lowest BCUT2D eigenvalue weighted by atomic mass is 9.99. The molecule has 5 nitrogen and oxygen atoms in total. The average Bonchev–Trinajstić information content (AvgIpc) is 2.98. The van der Waals surface area contributed by atoms with Gasteiger partial charge in [0.05, 0.1) is 5.69 Å². The van der Waals surface area contributed by atoms with E-state index in [9.17, 15) is 0 Å². The van der Waals surface area contributed by atoms with Crippen molar-refractivity contribution in [3.05, 3.63) is 29.3 Å². The lowest BCUT2D eigenvalue weighted by molar-refractivity contribution is 0.227. The van der Waals surface area contributed by atoms with Gasteiger partial charge in [0.15, 0.2) is 0 Å². The molecule has 1 atom stereocenters.